The van der Waals surface area contributed by atoms with Gasteiger partial charge in [-0.05, 0) is 29.6 Å². The maximum atomic E-state index is 13.7. The molecule has 4 aromatic rings. The van der Waals surface area contributed by atoms with E-state index in [-0.39, 0.29) is 23.4 Å². The maximum Gasteiger partial charge on any atom is 0.433 e. The number of hydrogen-bond donors (Lipinski definition) is 1. The second-order valence-corrected chi connectivity index (χ2v) is 7.34. The van der Waals surface area contributed by atoms with Crippen molar-refractivity contribution in [1.82, 2.24) is 19.9 Å². The van der Waals surface area contributed by atoms with Crippen molar-refractivity contribution in [3.05, 3.63) is 70.2 Å². The van der Waals surface area contributed by atoms with Gasteiger partial charge in [0.2, 0.25) is 0 Å². The Morgan fingerprint density at radius 1 is 1.23 bits per heavy atom. The van der Waals surface area contributed by atoms with Crippen molar-refractivity contribution in [3.8, 4) is 17.0 Å². The van der Waals surface area contributed by atoms with Crippen LogP contribution in [-0.4, -0.2) is 27.6 Å². The summed E-state index contributed by atoms with van der Waals surface area (Å²) in [6.45, 7) is 0.259. The lowest BCUT2D eigenvalue weighted by Crippen LogP contribution is -2.22. The number of nitrogens with zero attached hydrogens (tertiary/aromatic N) is 3. The van der Waals surface area contributed by atoms with Crippen LogP contribution in [0.1, 0.15) is 20.9 Å². The van der Waals surface area contributed by atoms with Gasteiger partial charge in [0.15, 0.2) is 11.3 Å². The Labute approximate surface area is 172 Å². The van der Waals surface area contributed by atoms with Gasteiger partial charge in [0, 0.05) is 10.4 Å². The summed E-state index contributed by atoms with van der Waals surface area (Å²) in [7, 11) is 1.46. The molecule has 154 valence electrons. The average Bonchev–Trinajstić information content (AvgIpc) is 3.40. The molecule has 1 amide bonds. The van der Waals surface area contributed by atoms with E-state index in [0.29, 0.717) is 15.8 Å². The zero-order valence-electron chi connectivity index (χ0n) is 15.6. The minimum atomic E-state index is -4.69. The van der Waals surface area contributed by atoms with Crippen molar-refractivity contribution >= 4 is 22.9 Å². The van der Waals surface area contributed by atoms with E-state index in [0.717, 1.165) is 17.1 Å². The van der Waals surface area contributed by atoms with Crippen LogP contribution in [0.4, 0.5) is 13.2 Å². The van der Waals surface area contributed by atoms with E-state index in [9.17, 15) is 18.0 Å². The summed E-state index contributed by atoms with van der Waals surface area (Å²) in [4.78, 5) is 17.8. The van der Waals surface area contributed by atoms with Gasteiger partial charge >= 0.3 is 6.18 Å². The first-order valence-corrected chi connectivity index (χ1v) is 9.66. The molecule has 3 heterocycles. The van der Waals surface area contributed by atoms with Crippen LogP contribution in [0.5, 0.6) is 5.75 Å². The summed E-state index contributed by atoms with van der Waals surface area (Å²) in [5, 5.41) is 8.33. The van der Waals surface area contributed by atoms with E-state index in [2.05, 4.69) is 15.4 Å². The van der Waals surface area contributed by atoms with Gasteiger partial charge in [-0.2, -0.15) is 18.3 Å². The molecule has 0 saturated carbocycles. The fraction of sp³-hybridized carbons (Fsp3) is 0.150. The van der Waals surface area contributed by atoms with Gasteiger partial charge in [0.05, 0.1) is 25.5 Å². The van der Waals surface area contributed by atoms with Gasteiger partial charge in [0.1, 0.15) is 11.3 Å². The van der Waals surface area contributed by atoms with E-state index < -0.39 is 17.8 Å². The molecule has 0 aliphatic rings. The first kappa shape index (κ1) is 19.9. The molecule has 10 heteroatoms. The van der Waals surface area contributed by atoms with Crippen LogP contribution in [0, 0.1) is 0 Å². The number of aromatic nitrogens is 3. The molecule has 4 rings (SSSR count). The van der Waals surface area contributed by atoms with Crippen LogP contribution in [0.2, 0.25) is 0 Å². The minimum Gasteiger partial charge on any atom is -0.497 e. The summed E-state index contributed by atoms with van der Waals surface area (Å²) in [6.07, 6.45) is -3.60. The highest BCUT2D eigenvalue weighted by atomic mass is 32.1. The van der Waals surface area contributed by atoms with Crippen LogP contribution < -0.4 is 10.1 Å². The first-order chi connectivity index (χ1) is 14.4. The van der Waals surface area contributed by atoms with Crippen molar-refractivity contribution in [1.29, 1.82) is 0 Å². The molecule has 0 fully saturated rings. The van der Waals surface area contributed by atoms with Crippen molar-refractivity contribution in [3.63, 3.8) is 0 Å². The van der Waals surface area contributed by atoms with E-state index in [1.807, 2.05) is 17.5 Å². The first-order valence-electron chi connectivity index (χ1n) is 8.78. The number of benzene rings is 1. The number of fused-ring (bicyclic) bond motifs is 1. The molecule has 1 aromatic carbocycles. The number of methoxy groups -OCH3 is 1. The number of rotatable bonds is 5. The van der Waals surface area contributed by atoms with E-state index in [1.54, 1.807) is 24.3 Å². The van der Waals surface area contributed by atoms with E-state index in [4.69, 9.17) is 4.74 Å². The topological polar surface area (TPSA) is 68.5 Å². The molecule has 0 aliphatic heterocycles. The molecule has 0 bridgehead atoms. The number of alkyl halides is 3. The molecule has 0 radical (unpaired) electrons. The molecule has 1 N–H and O–H groups in total. The Morgan fingerprint density at radius 2 is 2.07 bits per heavy atom. The Bertz CT molecular complexity index is 1200. The zero-order chi connectivity index (χ0) is 21.3. The Kier molecular flexibility index (Phi) is 5.17. The number of hydrogen-bond acceptors (Lipinski definition) is 5. The summed E-state index contributed by atoms with van der Waals surface area (Å²) < 4.78 is 46.9. The number of carbonyl (C=O) groups is 1. The Balaban J connectivity index is 1.80. The summed E-state index contributed by atoms with van der Waals surface area (Å²) >= 11 is 1.46. The average molecular weight is 432 g/mol. The predicted molar refractivity (Wildman–Crippen MR) is 105 cm³/mol. The number of ether oxygens (including phenoxy) is 1. The van der Waals surface area contributed by atoms with Crippen LogP contribution in [-0.2, 0) is 12.7 Å². The molecule has 0 atom stereocenters. The second-order valence-electron chi connectivity index (χ2n) is 6.31. The minimum absolute atomic E-state index is 0.0400. The molecule has 0 aliphatic carbocycles. The molecule has 3 aromatic heterocycles. The molecule has 30 heavy (non-hydrogen) atoms. The van der Waals surface area contributed by atoms with Crippen molar-refractivity contribution in [2.75, 3.05) is 7.11 Å². The van der Waals surface area contributed by atoms with Crippen molar-refractivity contribution in [2.45, 2.75) is 12.7 Å². The lowest BCUT2D eigenvalue weighted by Gasteiger charge is -2.12. The molecule has 0 saturated heterocycles. The highest BCUT2D eigenvalue weighted by Gasteiger charge is 2.36. The number of halogens is 3. The zero-order valence-corrected chi connectivity index (χ0v) is 16.4. The summed E-state index contributed by atoms with van der Waals surface area (Å²) in [5.74, 6) is -0.0769. The number of carbonyl (C=O) groups excluding carboxylic acids is 1. The smallest absolute Gasteiger partial charge is 0.433 e. The van der Waals surface area contributed by atoms with E-state index >= 15 is 0 Å². The van der Waals surface area contributed by atoms with Crippen LogP contribution in [0.15, 0.2) is 54.0 Å². The van der Waals surface area contributed by atoms with Gasteiger partial charge < -0.3 is 10.1 Å². The monoisotopic (exact) mass is 432 g/mol. The SMILES string of the molecule is COc1cccc(-c2cc(C(F)(F)F)n3ncc(C(=O)NCc4cccs4)c3n2)c1. The van der Waals surface area contributed by atoms with Gasteiger partial charge in [-0.3, -0.25) is 4.79 Å². The van der Waals surface area contributed by atoms with Crippen molar-refractivity contribution < 1.29 is 22.7 Å². The third-order valence-electron chi connectivity index (χ3n) is 4.38. The number of thiophene rings is 1. The Hall–Kier alpha value is -3.40. The van der Waals surface area contributed by atoms with Gasteiger partial charge in [-0.15, -0.1) is 11.3 Å². The van der Waals surface area contributed by atoms with Crippen molar-refractivity contribution in [2.24, 2.45) is 0 Å². The second kappa shape index (κ2) is 7.79. The Morgan fingerprint density at radius 3 is 2.77 bits per heavy atom. The quantitative estimate of drug-likeness (QED) is 0.507. The summed E-state index contributed by atoms with van der Waals surface area (Å²) in [6, 6.07) is 11.1. The lowest BCUT2D eigenvalue weighted by atomic mass is 10.1. The molecular formula is C20H15F3N4O2S. The third-order valence-corrected chi connectivity index (χ3v) is 5.25. The van der Waals surface area contributed by atoms with Crippen LogP contribution in [0.3, 0.4) is 0 Å². The van der Waals surface area contributed by atoms with Gasteiger partial charge in [-0.25, -0.2) is 9.50 Å². The van der Waals surface area contributed by atoms with Gasteiger partial charge in [-0.1, -0.05) is 18.2 Å². The van der Waals surface area contributed by atoms with Crippen LogP contribution in [0.25, 0.3) is 16.9 Å². The normalized spacial score (nSPS) is 11.6. The van der Waals surface area contributed by atoms with E-state index in [1.165, 1.54) is 18.4 Å². The number of amides is 1. The fourth-order valence-corrected chi connectivity index (χ4v) is 3.58. The third kappa shape index (κ3) is 3.86. The fourth-order valence-electron chi connectivity index (χ4n) is 2.93. The maximum absolute atomic E-state index is 13.7. The summed E-state index contributed by atoms with van der Waals surface area (Å²) in [5.41, 5.74) is -0.759. The van der Waals surface area contributed by atoms with Crippen LogP contribution >= 0.6 is 11.3 Å². The molecule has 6 nitrogen and oxygen atoms in total. The predicted octanol–water partition coefficient (Wildman–Crippen LogP) is 4.42. The number of nitrogens with one attached hydrogen (secondary N) is 1. The highest BCUT2D eigenvalue weighted by Crippen LogP contribution is 2.33. The largest absolute Gasteiger partial charge is 0.497 e. The highest BCUT2D eigenvalue weighted by molar-refractivity contribution is 7.09. The standard InChI is InChI=1S/C20H15F3N4O2S/c1-29-13-5-2-4-12(8-13)16-9-17(20(21,22)23)27-18(26-16)15(11-25-27)19(28)24-10-14-6-3-7-30-14/h2-9,11H,10H2,1H3,(H,24,28). The molecule has 0 unspecified atom stereocenters. The lowest BCUT2D eigenvalue weighted by molar-refractivity contribution is -0.142. The molecular weight excluding hydrogens is 417 g/mol. The van der Waals surface area contributed by atoms with Gasteiger partial charge in [0.25, 0.3) is 5.91 Å². The molecule has 0 spiro atoms.